The van der Waals surface area contributed by atoms with Crippen molar-refractivity contribution in [3.63, 3.8) is 0 Å². The molecule has 0 bridgehead atoms. The Kier molecular flexibility index (Phi) is 5.77. The summed E-state index contributed by atoms with van der Waals surface area (Å²) in [4.78, 5) is 17.0. The number of carbonyl (C=O) groups is 1. The number of rotatable bonds is 4. The smallest absolute Gasteiger partial charge is 0.372 e. The fourth-order valence-corrected chi connectivity index (χ4v) is 5.28. The summed E-state index contributed by atoms with van der Waals surface area (Å²) in [5.41, 5.74) is -3.79. The van der Waals surface area contributed by atoms with E-state index >= 15 is 0 Å². The Morgan fingerprint density at radius 1 is 1.19 bits per heavy atom. The number of aliphatic hydroxyl groups is 1. The number of carbonyl (C=O) groups excluding carboxylic acids is 1. The molecule has 1 atom stereocenters. The summed E-state index contributed by atoms with van der Waals surface area (Å²) in [5, 5.41) is 11.8. The second-order valence-corrected chi connectivity index (χ2v) is 9.75. The van der Waals surface area contributed by atoms with Gasteiger partial charge in [-0.1, -0.05) is 29.3 Å². The maximum atomic E-state index is 14.1. The molecule has 2 aliphatic rings. The van der Waals surface area contributed by atoms with E-state index in [1.54, 1.807) is 0 Å². The summed E-state index contributed by atoms with van der Waals surface area (Å²) < 4.78 is 42.2. The second-order valence-electron chi connectivity index (χ2n) is 8.91. The number of hydrogen-bond donors (Lipinski definition) is 1. The number of hydrogen-bond acceptors (Lipinski definition) is 3. The molecular formula is C23H23Cl2F3N2O2. The highest BCUT2D eigenvalue weighted by Gasteiger charge is 2.57. The molecule has 9 heteroatoms. The molecule has 172 valence electrons. The zero-order valence-corrected chi connectivity index (χ0v) is 19.3. The molecule has 0 radical (unpaired) electrons. The van der Waals surface area contributed by atoms with E-state index in [2.05, 4.69) is 4.90 Å². The van der Waals surface area contributed by atoms with Crippen molar-refractivity contribution < 1.29 is 23.1 Å². The molecule has 4 rings (SSSR count). The third-order valence-electron chi connectivity index (χ3n) is 6.48. The SMILES string of the molecule is Cc1cc2c(c(C(F)(F)F)c1)C(O)(c1ccc(Cl)cc1Cl)C(=O)N2CC1CC(N(C)C)C1. The Bertz CT molecular complexity index is 1080. The van der Waals surface area contributed by atoms with Gasteiger partial charge in [-0.25, -0.2) is 0 Å². The minimum atomic E-state index is -4.77. The molecule has 1 aliphatic carbocycles. The Balaban J connectivity index is 1.87. The van der Waals surface area contributed by atoms with E-state index in [0.29, 0.717) is 11.6 Å². The Labute approximate surface area is 194 Å². The molecule has 1 heterocycles. The normalized spacial score (nSPS) is 25.3. The van der Waals surface area contributed by atoms with Crippen molar-refractivity contribution in [1.82, 2.24) is 4.90 Å². The van der Waals surface area contributed by atoms with Crippen LogP contribution in [-0.4, -0.2) is 42.6 Å². The largest absolute Gasteiger partial charge is 0.416 e. The molecule has 1 aliphatic heterocycles. The van der Waals surface area contributed by atoms with Gasteiger partial charge in [0.15, 0.2) is 5.60 Å². The van der Waals surface area contributed by atoms with E-state index in [1.165, 1.54) is 36.1 Å². The summed E-state index contributed by atoms with van der Waals surface area (Å²) in [5.74, 6) is -0.710. The van der Waals surface area contributed by atoms with Crippen molar-refractivity contribution in [2.75, 3.05) is 25.5 Å². The fourth-order valence-electron chi connectivity index (χ4n) is 4.74. The highest BCUT2D eigenvalue weighted by molar-refractivity contribution is 6.35. The average molecular weight is 487 g/mol. The highest BCUT2D eigenvalue weighted by Crippen LogP contribution is 2.52. The Morgan fingerprint density at radius 2 is 1.84 bits per heavy atom. The van der Waals surface area contributed by atoms with Crippen molar-refractivity contribution >= 4 is 34.8 Å². The predicted molar refractivity (Wildman–Crippen MR) is 118 cm³/mol. The minimum Gasteiger partial charge on any atom is -0.372 e. The molecule has 2 aromatic rings. The van der Waals surface area contributed by atoms with Gasteiger partial charge in [-0.05, 0) is 69.6 Å². The van der Waals surface area contributed by atoms with Crippen molar-refractivity contribution in [1.29, 1.82) is 0 Å². The quantitative estimate of drug-likeness (QED) is 0.642. The van der Waals surface area contributed by atoms with Gasteiger partial charge in [0, 0.05) is 33.8 Å². The lowest BCUT2D eigenvalue weighted by molar-refractivity contribution is -0.142. The first-order chi connectivity index (χ1) is 14.8. The number of fused-ring (bicyclic) bond motifs is 1. The number of alkyl halides is 3. The van der Waals surface area contributed by atoms with Gasteiger partial charge < -0.3 is 14.9 Å². The molecule has 1 N–H and O–H groups in total. The molecule has 0 saturated heterocycles. The average Bonchev–Trinajstić information content (AvgIpc) is 2.84. The van der Waals surface area contributed by atoms with Crippen LogP contribution in [0.4, 0.5) is 18.9 Å². The van der Waals surface area contributed by atoms with E-state index in [1.807, 2.05) is 14.1 Å². The van der Waals surface area contributed by atoms with Gasteiger partial charge in [0.1, 0.15) is 0 Å². The van der Waals surface area contributed by atoms with Gasteiger partial charge in [-0.3, -0.25) is 4.79 Å². The first-order valence-electron chi connectivity index (χ1n) is 10.2. The molecule has 32 heavy (non-hydrogen) atoms. The minimum absolute atomic E-state index is 0.0733. The number of anilines is 1. The van der Waals surface area contributed by atoms with Crippen molar-refractivity contribution in [3.05, 3.63) is 62.6 Å². The van der Waals surface area contributed by atoms with Crippen molar-refractivity contribution in [2.24, 2.45) is 5.92 Å². The number of halogens is 5. The van der Waals surface area contributed by atoms with Gasteiger partial charge >= 0.3 is 6.18 Å². The highest BCUT2D eigenvalue weighted by atomic mass is 35.5. The van der Waals surface area contributed by atoms with Crippen LogP contribution in [0, 0.1) is 12.8 Å². The first-order valence-corrected chi connectivity index (χ1v) is 11.0. The molecule has 1 amide bonds. The number of benzene rings is 2. The number of amides is 1. The molecule has 1 saturated carbocycles. The van der Waals surface area contributed by atoms with E-state index in [0.717, 1.165) is 18.9 Å². The van der Waals surface area contributed by atoms with Crippen LogP contribution in [0.2, 0.25) is 10.0 Å². The molecule has 0 aromatic heterocycles. The van der Waals surface area contributed by atoms with Crippen molar-refractivity contribution in [3.8, 4) is 0 Å². The summed E-state index contributed by atoms with van der Waals surface area (Å²) in [6, 6.07) is 6.85. The number of nitrogens with zero attached hydrogens (tertiary/aromatic N) is 2. The lowest BCUT2D eigenvalue weighted by Gasteiger charge is -2.41. The van der Waals surface area contributed by atoms with Gasteiger partial charge in [0.05, 0.1) is 11.3 Å². The van der Waals surface area contributed by atoms with Gasteiger partial charge in [0.2, 0.25) is 0 Å². The summed E-state index contributed by atoms with van der Waals surface area (Å²) in [6.07, 6.45) is -3.12. The maximum Gasteiger partial charge on any atom is 0.416 e. The van der Waals surface area contributed by atoms with Crippen LogP contribution in [0.15, 0.2) is 30.3 Å². The molecule has 4 nitrogen and oxygen atoms in total. The third-order valence-corrected chi connectivity index (χ3v) is 7.03. The van der Waals surface area contributed by atoms with E-state index in [4.69, 9.17) is 23.2 Å². The van der Waals surface area contributed by atoms with Crippen molar-refractivity contribution in [2.45, 2.75) is 37.6 Å². The predicted octanol–water partition coefficient (Wildman–Crippen LogP) is 5.24. The van der Waals surface area contributed by atoms with Crippen LogP contribution in [0.1, 0.15) is 35.1 Å². The molecular weight excluding hydrogens is 464 g/mol. The van der Waals surface area contributed by atoms with E-state index in [-0.39, 0.29) is 33.8 Å². The van der Waals surface area contributed by atoms with Crippen LogP contribution in [-0.2, 0) is 16.6 Å². The van der Waals surface area contributed by atoms with Gasteiger partial charge in [0.25, 0.3) is 5.91 Å². The molecule has 0 spiro atoms. The second kappa shape index (κ2) is 7.90. The standard InChI is InChI=1S/C23H23Cl2F3N2O2/c1-12-6-17(23(26,27)28)20-19(7-12)30(11-13-8-15(9-13)29(2)3)21(31)22(20,32)16-5-4-14(24)10-18(16)25/h4-7,10,13,15,32H,8-9,11H2,1-3H3. The fraction of sp³-hybridized carbons (Fsp3) is 0.435. The van der Waals surface area contributed by atoms with Gasteiger partial charge in [-0.15, -0.1) is 0 Å². The zero-order valence-electron chi connectivity index (χ0n) is 17.8. The van der Waals surface area contributed by atoms with Crippen LogP contribution in [0.3, 0.4) is 0 Å². The maximum absolute atomic E-state index is 14.1. The van der Waals surface area contributed by atoms with Crippen LogP contribution in [0.5, 0.6) is 0 Å². The summed E-state index contributed by atoms with van der Waals surface area (Å²) in [7, 11) is 3.94. The van der Waals surface area contributed by atoms with E-state index in [9.17, 15) is 23.1 Å². The topological polar surface area (TPSA) is 43.8 Å². The van der Waals surface area contributed by atoms with Crippen LogP contribution < -0.4 is 4.90 Å². The van der Waals surface area contributed by atoms with Crippen LogP contribution >= 0.6 is 23.2 Å². The monoisotopic (exact) mass is 486 g/mol. The molecule has 1 fully saturated rings. The summed E-state index contributed by atoms with van der Waals surface area (Å²) >= 11 is 12.2. The lowest BCUT2D eigenvalue weighted by atomic mass is 9.79. The first kappa shape index (κ1) is 23.4. The zero-order chi connectivity index (χ0) is 23.6. The van der Waals surface area contributed by atoms with Crippen LogP contribution in [0.25, 0.3) is 0 Å². The van der Waals surface area contributed by atoms with E-state index < -0.39 is 28.8 Å². The molecule has 1 unspecified atom stereocenters. The summed E-state index contributed by atoms with van der Waals surface area (Å²) in [6.45, 7) is 1.76. The number of aryl methyl sites for hydroxylation is 1. The third kappa shape index (κ3) is 3.69. The Morgan fingerprint density at radius 3 is 2.41 bits per heavy atom. The van der Waals surface area contributed by atoms with Gasteiger partial charge in [-0.2, -0.15) is 13.2 Å². The Hall–Kier alpha value is -1.80. The lowest BCUT2D eigenvalue weighted by Crippen LogP contribution is -2.48. The molecule has 2 aromatic carbocycles.